The molecule has 2 aromatic rings. The summed E-state index contributed by atoms with van der Waals surface area (Å²) in [4.78, 5) is 29.5. The molecular formula is C26H37FN6O4. The zero-order valence-corrected chi connectivity index (χ0v) is 22.5. The van der Waals surface area contributed by atoms with Crippen molar-refractivity contribution in [2.24, 2.45) is 0 Å². The maximum absolute atomic E-state index is 13.9. The minimum Gasteiger partial charge on any atom is -0.444 e. The Morgan fingerprint density at radius 2 is 1.97 bits per heavy atom. The molecule has 1 unspecified atom stereocenters. The number of allylic oxidation sites excluding steroid dienone is 3. The predicted molar refractivity (Wildman–Crippen MR) is 139 cm³/mol. The van der Waals surface area contributed by atoms with E-state index in [4.69, 9.17) is 4.74 Å². The lowest BCUT2D eigenvalue weighted by molar-refractivity contribution is 0.0635. The molecule has 1 atom stereocenters. The number of ether oxygens (including phenoxy) is 1. The van der Waals surface area contributed by atoms with Crippen LogP contribution in [0, 0.1) is 13.8 Å². The highest BCUT2D eigenvalue weighted by atomic mass is 19.1. The fourth-order valence-electron chi connectivity index (χ4n) is 3.54. The molecular weight excluding hydrogens is 479 g/mol. The third-order valence-corrected chi connectivity index (χ3v) is 5.31. The fourth-order valence-corrected chi connectivity index (χ4v) is 3.54. The van der Waals surface area contributed by atoms with Crippen molar-refractivity contribution in [3.05, 3.63) is 64.5 Å². The third kappa shape index (κ3) is 8.42. The van der Waals surface area contributed by atoms with Crippen molar-refractivity contribution in [3.63, 3.8) is 0 Å². The van der Waals surface area contributed by atoms with Gasteiger partial charge in [-0.05, 0) is 71.2 Å². The number of amides is 2. The number of nitrogens with one attached hydrogen (secondary N) is 3. The van der Waals surface area contributed by atoms with E-state index in [2.05, 4.69) is 32.6 Å². The van der Waals surface area contributed by atoms with Crippen LogP contribution in [0.5, 0.6) is 0 Å². The van der Waals surface area contributed by atoms with Gasteiger partial charge in [-0.1, -0.05) is 13.5 Å². The van der Waals surface area contributed by atoms with E-state index in [0.29, 0.717) is 23.6 Å². The lowest BCUT2D eigenvalue weighted by Crippen LogP contribution is -2.28. The number of carbonyl (C=O) groups excluding carboxylic acids is 2. The number of rotatable bonds is 10. The third-order valence-electron chi connectivity index (χ3n) is 5.31. The molecule has 0 radical (unpaired) electrons. The van der Waals surface area contributed by atoms with Crippen LogP contribution in [0.25, 0.3) is 0 Å². The highest BCUT2D eigenvalue weighted by Crippen LogP contribution is 2.20. The van der Waals surface area contributed by atoms with Crippen molar-refractivity contribution in [1.29, 1.82) is 0 Å². The summed E-state index contributed by atoms with van der Waals surface area (Å²) in [5.41, 5.74) is 2.36. The van der Waals surface area contributed by atoms with Crippen molar-refractivity contribution in [3.8, 4) is 0 Å². The molecule has 0 spiro atoms. The van der Waals surface area contributed by atoms with E-state index in [-0.39, 0.29) is 24.5 Å². The van der Waals surface area contributed by atoms with Gasteiger partial charge in [0.1, 0.15) is 29.6 Å². The molecule has 0 fully saturated rings. The van der Waals surface area contributed by atoms with E-state index in [1.807, 2.05) is 6.92 Å². The number of hydrogen-bond acceptors (Lipinski definition) is 7. The molecule has 2 amide bonds. The first-order valence-corrected chi connectivity index (χ1v) is 12.0. The largest absolute Gasteiger partial charge is 0.444 e. The molecule has 0 bridgehead atoms. The lowest BCUT2D eigenvalue weighted by atomic mass is 10.1. The summed E-state index contributed by atoms with van der Waals surface area (Å²) < 4.78 is 20.5. The monoisotopic (exact) mass is 516 g/mol. The van der Waals surface area contributed by atoms with Crippen molar-refractivity contribution in [2.75, 3.05) is 5.32 Å². The van der Waals surface area contributed by atoms with Crippen molar-refractivity contribution < 1.29 is 23.8 Å². The van der Waals surface area contributed by atoms with Gasteiger partial charge in [-0.15, -0.1) is 0 Å². The summed E-state index contributed by atoms with van der Waals surface area (Å²) in [5.74, 6) is -0.548. The van der Waals surface area contributed by atoms with Gasteiger partial charge in [0, 0.05) is 24.1 Å². The van der Waals surface area contributed by atoms with Gasteiger partial charge in [0.25, 0.3) is 5.91 Å². The second-order valence-corrected chi connectivity index (χ2v) is 9.56. The first-order valence-electron chi connectivity index (χ1n) is 12.0. The van der Waals surface area contributed by atoms with Crippen LogP contribution in [0.4, 0.5) is 15.0 Å². The number of carbonyl (C=O) groups is 2. The molecule has 202 valence electrons. The average molecular weight is 517 g/mol. The van der Waals surface area contributed by atoms with Crippen molar-refractivity contribution >= 4 is 17.8 Å². The molecule has 0 saturated heterocycles. The van der Waals surface area contributed by atoms with Gasteiger partial charge in [-0.2, -0.15) is 5.10 Å². The van der Waals surface area contributed by atoms with Crippen LogP contribution >= 0.6 is 0 Å². The minimum absolute atomic E-state index is 0.103. The SMILES string of the molecule is C=C/C(F)=C(\CC)NCn1cc(C(=O)NCc2c(C)cc(NC(=O)OC(C)(C)C)nc2C)c(C(C)O)n1. The normalized spacial score (nSPS) is 12.9. The number of pyridine rings is 1. The van der Waals surface area contributed by atoms with Gasteiger partial charge in [0.15, 0.2) is 0 Å². The lowest BCUT2D eigenvalue weighted by Gasteiger charge is -2.20. The maximum atomic E-state index is 13.9. The maximum Gasteiger partial charge on any atom is 0.413 e. The second kappa shape index (κ2) is 12.5. The Kier molecular flexibility index (Phi) is 9.96. The Morgan fingerprint density at radius 3 is 2.51 bits per heavy atom. The number of aromatic nitrogens is 3. The molecule has 37 heavy (non-hydrogen) atoms. The number of anilines is 1. The van der Waals surface area contributed by atoms with E-state index in [9.17, 15) is 19.1 Å². The molecule has 0 aliphatic carbocycles. The Hall–Kier alpha value is -3.73. The van der Waals surface area contributed by atoms with E-state index in [0.717, 1.165) is 17.2 Å². The second-order valence-electron chi connectivity index (χ2n) is 9.56. The van der Waals surface area contributed by atoms with E-state index >= 15 is 0 Å². The molecule has 0 aliphatic rings. The van der Waals surface area contributed by atoms with Crippen LogP contribution in [0.3, 0.4) is 0 Å². The van der Waals surface area contributed by atoms with Crippen LogP contribution in [0.15, 0.2) is 36.4 Å². The summed E-state index contributed by atoms with van der Waals surface area (Å²) in [6.07, 6.45) is 1.44. The molecule has 2 rings (SSSR count). The molecule has 2 heterocycles. The van der Waals surface area contributed by atoms with Crippen LogP contribution in [-0.2, 0) is 18.0 Å². The van der Waals surface area contributed by atoms with Crippen molar-refractivity contribution in [2.45, 2.75) is 79.8 Å². The number of halogens is 1. The van der Waals surface area contributed by atoms with E-state index in [1.54, 1.807) is 40.7 Å². The van der Waals surface area contributed by atoms with Gasteiger partial charge in [0.05, 0.1) is 11.7 Å². The summed E-state index contributed by atoms with van der Waals surface area (Å²) in [7, 11) is 0. The minimum atomic E-state index is -0.989. The number of nitrogens with zero attached hydrogens (tertiary/aromatic N) is 3. The highest BCUT2D eigenvalue weighted by molar-refractivity contribution is 5.95. The molecule has 11 heteroatoms. The van der Waals surface area contributed by atoms with Gasteiger partial charge in [0.2, 0.25) is 0 Å². The molecule has 0 aromatic carbocycles. The Bertz CT molecular complexity index is 1160. The van der Waals surface area contributed by atoms with Crippen LogP contribution < -0.4 is 16.0 Å². The van der Waals surface area contributed by atoms with E-state index in [1.165, 1.54) is 17.8 Å². The smallest absolute Gasteiger partial charge is 0.413 e. The number of aliphatic hydroxyl groups is 1. The zero-order chi connectivity index (χ0) is 27.9. The zero-order valence-electron chi connectivity index (χ0n) is 22.5. The first-order chi connectivity index (χ1) is 17.2. The van der Waals surface area contributed by atoms with E-state index < -0.39 is 29.5 Å². The van der Waals surface area contributed by atoms with Gasteiger partial charge < -0.3 is 20.5 Å². The summed E-state index contributed by atoms with van der Waals surface area (Å²) in [5, 5.41) is 22.8. The van der Waals surface area contributed by atoms with Gasteiger partial charge in [-0.3, -0.25) is 14.8 Å². The summed E-state index contributed by atoms with van der Waals surface area (Å²) in [6.45, 7) is 16.0. The Labute approximate surface area is 217 Å². The van der Waals surface area contributed by atoms with Crippen LogP contribution in [0.2, 0.25) is 0 Å². The Morgan fingerprint density at radius 1 is 1.30 bits per heavy atom. The topological polar surface area (TPSA) is 130 Å². The van der Waals surface area contributed by atoms with Crippen LogP contribution in [0.1, 0.15) is 80.0 Å². The van der Waals surface area contributed by atoms with Gasteiger partial charge in [-0.25, -0.2) is 14.2 Å². The van der Waals surface area contributed by atoms with Crippen LogP contribution in [-0.4, -0.2) is 37.5 Å². The average Bonchev–Trinajstić information content (AvgIpc) is 3.22. The summed E-state index contributed by atoms with van der Waals surface area (Å²) >= 11 is 0. The highest BCUT2D eigenvalue weighted by Gasteiger charge is 2.21. The molecule has 10 nitrogen and oxygen atoms in total. The predicted octanol–water partition coefficient (Wildman–Crippen LogP) is 4.55. The number of aliphatic hydroxyl groups excluding tert-OH is 1. The molecule has 0 saturated carbocycles. The molecule has 0 aliphatic heterocycles. The molecule has 4 N–H and O–H groups in total. The Balaban J connectivity index is 2.14. The number of aryl methyl sites for hydroxylation is 2. The molecule has 2 aromatic heterocycles. The first kappa shape index (κ1) is 29.5. The number of hydrogen-bond donors (Lipinski definition) is 4. The standard InChI is InChI=1S/C26H37FN6O4/c1-9-20(27)21(10-2)29-14-33-13-19(23(32-33)17(5)34)24(35)28-12-18-15(3)11-22(30-16(18)4)31-25(36)37-26(6,7)8/h9,11,13,17,29,34H,1,10,12,14H2,2-8H3,(H,28,35)(H,30,31,36)/b21-20-. The quantitative estimate of drug-likeness (QED) is 0.341. The summed E-state index contributed by atoms with van der Waals surface area (Å²) in [6, 6.07) is 1.70. The fraction of sp³-hybridized carbons (Fsp3) is 0.462. The van der Waals surface area contributed by atoms with Gasteiger partial charge >= 0.3 is 6.09 Å². The van der Waals surface area contributed by atoms with Crippen molar-refractivity contribution in [1.82, 2.24) is 25.4 Å².